The lowest BCUT2D eigenvalue weighted by Gasteiger charge is -2.35. The summed E-state index contributed by atoms with van der Waals surface area (Å²) in [6.45, 7) is 4.20. The number of nitrogens with one attached hydrogen (secondary N) is 1. The Kier molecular flexibility index (Phi) is 3.66. The van der Waals surface area contributed by atoms with Gasteiger partial charge < -0.3 is 5.32 Å². The quantitative estimate of drug-likeness (QED) is 0.857. The van der Waals surface area contributed by atoms with Crippen LogP contribution in [0.1, 0.15) is 43.9 Å². The smallest absolute Gasteiger partial charge is 0.307 e. The zero-order valence-electron chi connectivity index (χ0n) is 10.6. The van der Waals surface area contributed by atoms with E-state index in [1.807, 2.05) is 6.92 Å². The molecule has 0 saturated heterocycles. The van der Waals surface area contributed by atoms with Crippen LogP contribution < -0.4 is 5.32 Å². The molecular weight excluding hydrogens is 239 g/mol. The average molecular weight is 257 g/mol. The lowest BCUT2D eigenvalue weighted by atomic mass is 9.81. The van der Waals surface area contributed by atoms with E-state index >= 15 is 0 Å². The van der Waals surface area contributed by atoms with Gasteiger partial charge in [-0.15, -0.1) is 0 Å². The van der Waals surface area contributed by atoms with Gasteiger partial charge in [0.15, 0.2) is 0 Å². The van der Waals surface area contributed by atoms with Crippen LogP contribution in [0, 0.1) is 5.92 Å². The summed E-state index contributed by atoms with van der Waals surface area (Å²) in [5.74, 6) is 0.766. The van der Waals surface area contributed by atoms with E-state index in [0.29, 0.717) is 6.04 Å². The lowest BCUT2D eigenvalue weighted by Crippen LogP contribution is -2.41. The maximum Gasteiger partial charge on any atom is 0.416 e. The molecule has 0 heterocycles. The van der Waals surface area contributed by atoms with Crippen molar-refractivity contribution in [3.63, 3.8) is 0 Å². The van der Waals surface area contributed by atoms with Crippen LogP contribution in [0.5, 0.6) is 0 Å². The van der Waals surface area contributed by atoms with Crippen molar-refractivity contribution in [2.24, 2.45) is 5.92 Å². The van der Waals surface area contributed by atoms with E-state index in [4.69, 9.17) is 0 Å². The van der Waals surface area contributed by atoms with Gasteiger partial charge in [0.1, 0.15) is 0 Å². The summed E-state index contributed by atoms with van der Waals surface area (Å²) >= 11 is 0. The van der Waals surface area contributed by atoms with Gasteiger partial charge in [0, 0.05) is 12.1 Å². The van der Waals surface area contributed by atoms with Crippen LogP contribution in [0.2, 0.25) is 0 Å². The van der Waals surface area contributed by atoms with Crippen molar-refractivity contribution < 1.29 is 13.2 Å². The van der Waals surface area contributed by atoms with E-state index in [-0.39, 0.29) is 6.04 Å². The third-order valence-electron chi connectivity index (χ3n) is 3.60. The van der Waals surface area contributed by atoms with Gasteiger partial charge in [-0.3, -0.25) is 0 Å². The van der Waals surface area contributed by atoms with Gasteiger partial charge in [0.2, 0.25) is 0 Å². The number of halogens is 3. The van der Waals surface area contributed by atoms with E-state index in [1.165, 1.54) is 0 Å². The molecule has 0 aromatic heterocycles. The molecule has 1 aliphatic carbocycles. The molecule has 18 heavy (non-hydrogen) atoms. The van der Waals surface area contributed by atoms with Crippen LogP contribution in [0.3, 0.4) is 0 Å². The van der Waals surface area contributed by atoms with Gasteiger partial charge in [-0.05, 0) is 43.4 Å². The van der Waals surface area contributed by atoms with Gasteiger partial charge in [-0.2, -0.15) is 13.2 Å². The van der Waals surface area contributed by atoms with Crippen LogP contribution in [0.25, 0.3) is 0 Å². The predicted octanol–water partition coefficient (Wildman–Crippen LogP) is 4.15. The summed E-state index contributed by atoms with van der Waals surface area (Å²) in [6, 6.07) is 6.03. The Morgan fingerprint density at radius 1 is 1.17 bits per heavy atom. The fourth-order valence-electron chi connectivity index (χ4n) is 2.45. The summed E-state index contributed by atoms with van der Waals surface area (Å²) in [4.78, 5) is 0. The van der Waals surface area contributed by atoms with E-state index in [1.54, 1.807) is 12.1 Å². The molecule has 0 amide bonds. The molecule has 1 N–H and O–H groups in total. The summed E-state index contributed by atoms with van der Waals surface area (Å²) in [5.41, 5.74) is 0.318. The van der Waals surface area contributed by atoms with Crippen molar-refractivity contribution >= 4 is 0 Å². The summed E-state index contributed by atoms with van der Waals surface area (Å²) < 4.78 is 37.3. The first kappa shape index (κ1) is 13.4. The first-order valence-corrected chi connectivity index (χ1v) is 6.29. The Hall–Kier alpha value is -1.03. The van der Waals surface area contributed by atoms with Crippen LogP contribution in [0.15, 0.2) is 24.3 Å². The van der Waals surface area contributed by atoms with Gasteiger partial charge >= 0.3 is 6.18 Å². The highest BCUT2D eigenvalue weighted by atomic mass is 19.4. The zero-order chi connectivity index (χ0) is 13.3. The number of hydrogen-bond donors (Lipinski definition) is 1. The molecule has 2 rings (SSSR count). The molecule has 1 fully saturated rings. The second-order valence-corrected chi connectivity index (χ2v) is 5.28. The maximum atomic E-state index is 12.4. The summed E-state index contributed by atoms with van der Waals surface area (Å²) in [6.07, 6.45) is -1.94. The molecule has 1 saturated carbocycles. The number of hydrogen-bond acceptors (Lipinski definition) is 1. The van der Waals surface area contributed by atoms with Gasteiger partial charge in [0.25, 0.3) is 0 Å². The molecule has 0 radical (unpaired) electrons. The molecule has 0 aliphatic heterocycles. The number of alkyl halides is 3. The van der Waals surface area contributed by atoms with Crippen LogP contribution >= 0.6 is 0 Å². The standard InChI is InChI=1S/C14H18F3N/c1-9-7-13(8-9)18-10(2)11-3-5-12(6-4-11)14(15,16)17/h3-6,9-10,13,18H,7-8H2,1-2H3. The Bertz CT molecular complexity index is 390. The topological polar surface area (TPSA) is 12.0 Å². The van der Waals surface area contributed by atoms with Gasteiger partial charge in [0.05, 0.1) is 5.56 Å². The zero-order valence-corrected chi connectivity index (χ0v) is 10.6. The number of rotatable bonds is 3. The Morgan fingerprint density at radius 3 is 2.17 bits per heavy atom. The first-order valence-electron chi connectivity index (χ1n) is 6.29. The van der Waals surface area contributed by atoms with Crippen LogP contribution in [0.4, 0.5) is 13.2 Å². The van der Waals surface area contributed by atoms with E-state index < -0.39 is 11.7 Å². The van der Waals surface area contributed by atoms with Gasteiger partial charge in [-0.1, -0.05) is 19.1 Å². The third kappa shape index (κ3) is 3.05. The van der Waals surface area contributed by atoms with Crippen LogP contribution in [-0.4, -0.2) is 6.04 Å². The monoisotopic (exact) mass is 257 g/mol. The van der Waals surface area contributed by atoms with E-state index in [0.717, 1.165) is 36.5 Å². The highest BCUT2D eigenvalue weighted by Gasteiger charge is 2.30. The highest BCUT2D eigenvalue weighted by molar-refractivity contribution is 5.26. The van der Waals surface area contributed by atoms with Crippen molar-refractivity contribution in [1.82, 2.24) is 5.32 Å². The molecule has 1 aromatic rings. The van der Waals surface area contributed by atoms with Crippen molar-refractivity contribution in [3.05, 3.63) is 35.4 Å². The molecule has 1 nitrogen and oxygen atoms in total. The fraction of sp³-hybridized carbons (Fsp3) is 0.571. The fourth-order valence-corrected chi connectivity index (χ4v) is 2.45. The molecule has 4 heteroatoms. The van der Waals surface area contributed by atoms with E-state index in [2.05, 4.69) is 12.2 Å². The molecule has 100 valence electrons. The Morgan fingerprint density at radius 2 is 1.72 bits per heavy atom. The largest absolute Gasteiger partial charge is 0.416 e. The molecule has 0 spiro atoms. The van der Waals surface area contributed by atoms with Crippen LogP contribution in [-0.2, 0) is 6.18 Å². The second kappa shape index (κ2) is 4.92. The molecular formula is C14H18F3N. The Balaban J connectivity index is 1.96. The average Bonchev–Trinajstić information content (AvgIpc) is 2.26. The first-order chi connectivity index (χ1) is 8.36. The molecule has 1 aliphatic rings. The number of benzene rings is 1. The highest BCUT2D eigenvalue weighted by Crippen LogP contribution is 2.31. The van der Waals surface area contributed by atoms with Crippen molar-refractivity contribution in [3.8, 4) is 0 Å². The predicted molar refractivity (Wildman–Crippen MR) is 65.2 cm³/mol. The molecule has 1 unspecified atom stereocenters. The second-order valence-electron chi connectivity index (χ2n) is 5.28. The molecule has 0 bridgehead atoms. The normalized spacial score (nSPS) is 25.6. The van der Waals surface area contributed by atoms with Crippen molar-refractivity contribution in [2.45, 2.75) is 44.9 Å². The summed E-state index contributed by atoms with van der Waals surface area (Å²) in [7, 11) is 0. The third-order valence-corrected chi connectivity index (χ3v) is 3.60. The molecule has 1 atom stereocenters. The van der Waals surface area contributed by atoms with E-state index in [9.17, 15) is 13.2 Å². The molecule has 1 aromatic carbocycles. The SMILES string of the molecule is CC1CC(NC(C)c2ccc(C(F)(F)F)cc2)C1. The minimum absolute atomic E-state index is 0.102. The van der Waals surface area contributed by atoms with Crippen molar-refractivity contribution in [2.75, 3.05) is 0 Å². The minimum Gasteiger partial charge on any atom is -0.307 e. The lowest BCUT2D eigenvalue weighted by molar-refractivity contribution is -0.137. The maximum absolute atomic E-state index is 12.4. The van der Waals surface area contributed by atoms with Gasteiger partial charge in [-0.25, -0.2) is 0 Å². The van der Waals surface area contributed by atoms with Crippen molar-refractivity contribution in [1.29, 1.82) is 0 Å². The minimum atomic E-state index is -4.25. The summed E-state index contributed by atoms with van der Waals surface area (Å²) in [5, 5.41) is 3.44. The Labute approximate surface area is 105 Å².